The first-order valence-electron chi connectivity index (χ1n) is 3.54. The summed E-state index contributed by atoms with van der Waals surface area (Å²) in [5, 5.41) is 0. The minimum atomic E-state index is -4.79. The second kappa shape index (κ2) is 3.92. The van der Waals surface area contributed by atoms with E-state index >= 15 is 0 Å². The summed E-state index contributed by atoms with van der Waals surface area (Å²) < 4.78 is 61.0. The Kier molecular flexibility index (Phi) is 3.17. The molecule has 0 spiro atoms. The van der Waals surface area contributed by atoms with Gasteiger partial charge in [0.25, 0.3) is 6.43 Å². The van der Waals surface area contributed by atoms with Crippen LogP contribution < -0.4 is 5.73 Å². The number of halogens is 6. The molecule has 1 aromatic heterocycles. The molecule has 0 bridgehead atoms. The minimum absolute atomic E-state index is 0.386. The van der Waals surface area contributed by atoms with Gasteiger partial charge >= 0.3 is 6.18 Å². The van der Waals surface area contributed by atoms with Crippen molar-refractivity contribution in [3.8, 4) is 0 Å². The molecule has 0 atom stereocenters. The van der Waals surface area contributed by atoms with Crippen molar-refractivity contribution in [2.24, 2.45) is 0 Å². The van der Waals surface area contributed by atoms with E-state index in [1.807, 2.05) is 0 Å². The van der Waals surface area contributed by atoms with Crippen molar-refractivity contribution >= 4 is 21.6 Å². The fourth-order valence-electron chi connectivity index (χ4n) is 0.950. The highest BCUT2D eigenvalue weighted by atomic mass is 79.9. The topological polar surface area (TPSA) is 38.9 Å². The molecule has 0 radical (unpaired) electrons. The van der Waals surface area contributed by atoms with Crippen LogP contribution in [-0.2, 0) is 6.18 Å². The second-order valence-corrected chi connectivity index (χ2v) is 3.34. The number of alkyl halides is 5. The Morgan fingerprint density at radius 1 is 1.33 bits per heavy atom. The van der Waals surface area contributed by atoms with Crippen molar-refractivity contribution in [3.63, 3.8) is 0 Å². The highest BCUT2D eigenvalue weighted by Gasteiger charge is 2.36. The number of nitrogens with two attached hydrogens (primary N) is 1. The van der Waals surface area contributed by atoms with Crippen molar-refractivity contribution in [2.75, 3.05) is 5.73 Å². The van der Waals surface area contributed by atoms with Crippen LogP contribution in [0.4, 0.5) is 27.6 Å². The van der Waals surface area contributed by atoms with Gasteiger partial charge in [0.1, 0.15) is 4.60 Å². The lowest BCUT2D eigenvalue weighted by Gasteiger charge is -2.13. The standard InChI is InChI=1S/C7H4BrF5N2/c8-5-3(6(9)10)4(14)2(1-15-5)7(11,12)13/h1,6H,(H2,14,15). The molecule has 1 heterocycles. The fraction of sp³-hybridized carbons (Fsp3) is 0.286. The van der Waals surface area contributed by atoms with Crippen molar-refractivity contribution in [2.45, 2.75) is 12.6 Å². The molecular weight excluding hydrogens is 287 g/mol. The van der Waals surface area contributed by atoms with Gasteiger partial charge in [-0.05, 0) is 15.9 Å². The summed E-state index contributed by atoms with van der Waals surface area (Å²) in [6.45, 7) is 0. The molecule has 0 aliphatic carbocycles. The highest BCUT2D eigenvalue weighted by molar-refractivity contribution is 9.10. The van der Waals surface area contributed by atoms with Gasteiger partial charge in [-0.1, -0.05) is 0 Å². The lowest BCUT2D eigenvalue weighted by atomic mass is 10.1. The first-order valence-corrected chi connectivity index (χ1v) is 4.33. The molecule has 0 fully saturated rings. The molecule has 0 aliphatic rings. The second-order valence-electron chi connectivity index (χ2n) is 2.59. The molecule has 0 saturated heterocycles. The summed E-state index contributed by atoms with van der Waals surface area (Å²) in [6.07, 6.45) is -7.50. The van der Waals surface area contributed by atoms with Gasteiger partial charge in [0.2, 0.25) is 0 Å². The average Bonchev–Trinajstić information content (AvgIpc) is 2.00. The van der Waals surface area contributed by atoms with Gasteiger partial charge < -0.3 is 5.73 Å². The van der Waals surface area contributed by atoms with Crippen molar-refractivity contribution in [3.05, 3.63) is 21.9 Å². The summed E-state index contributed by atoms with van der Waals surface area (Å²) in [4.78, 5) is 3.16. The van der Waals surface area contributed by atoms with Crippen LogP contribution in [0.1, 0.15) is 17.6 Å². The number of nitrogens with zero attached hydrogens (tertiary/aromatic N) is 1. The monoisotopic (exact) mass is 290 g/mol. The minimum Gasteiger partial charge on any atom is -0.398 e. The van der Waals surface area contributed by atoms with Gasteiger partial charge in [0.05, 0.1) is 16.8 Å². The van der Waals surface area contributed by atoms with Gasteiger partial charge in [-0.15, -0.1) is 0 Å². The van der Waals surface area contributed by atoms with E-state index in [2.05, 4.69) is 20.9 Å². The number of aromatic nitrogens is 1. The maximum atomic E-state index is 12.3. The molecule has 84 valence electrons. The highest BCUT2D eigenvalue weighted by Crippen LogP contribution is 2.39. The van der Waals surface area contributed by atoms with Gasteiger partial charge in [-0.25, -0.2) is 13.8 Å². The number of pyridine rings is 1. The first-order chi connectivity index (χ1) is 6.75. The Morgan fingerprint density at radius 2 is 1.87 bits per heavy atom. The Morgan fingerprint density at radius 3 is 2.27 bits per heavy atom. The van der Waals surface area contributed by atoms with Crippen LogP contribution in [0.5, 0.6) is 0 Å². The predicted molar refractivity (Wildman–Crippen MR) is 46.3 cm³/mol. The number of hydrogen-bond acceptors (Lipinski definition) is 2. The van der Waals surface area contributed by atoms with E-state index < -0.39 is 29.4 Å². The summed E-state index contributed by atoms with van der Waals surface area (Å²) in [7, 11) is 0. The summed E-state index contributed by atoms with van der Waals surface area (Å²) >= 11 is 2.61. The molecule has 0 aromatic carbocycles. The number of hydrogen-bond donors (Lipinski definition) is 1. The van der Waals surface area contributed by atoms with E-state index in [4.69, 9.17) is 5.73 Å². The quantitative estimate of drug-likeness (QED) is 0.636. The van der Waals surface area contributed by atoms with Crippen molar-refractivity contribution < 1.29 is 22.0 Å². The Balaban J connectivity index is 3.42. The Hall–Kier alpha value is -0.920. The first kappa shape index (κ1) is 12.2. The Labute approximate surface area is 89.4 Å². The predicted octanol–water partition coefficient (Wildman–Crippen LogP) is 3.38. The fourth-order valence-corrected chi connectivity index (χ4v) is 1.44. The van der Waals surface area contributed by atoms with E-state index in [1.165, 1.54) is 0 Å². The summed E-state index contributed by atoms with van der Waals surface area (Å²) in [5.41, 5.74) is 1.70. The van der Waals surface area contributed by atoms with Gasteiger partial charge in [0, 0.05) is 6.20 Å². The van der Waals surface area contributed by atoms with E-state index in [-0.39, 0.29) is 4.60 Å². The van der Waals surface area contributed by atoms with Crippen molar-refractivity contribution in [1.82, 2.24) is 4.98 Å². The van der Waals surface area contributed by atoms with Gasteiger partial charge in [-0.2, -0.15) is 13.2 Å². The third-order valence-electron chi connectivity index (χ3n) is 1.63. The lowest BCUT2D eigenvalue weighted by Crippen LogP contribution is -2.12. The summed E-state index contributed by atoms with van der Waals surface area (Å²) in [6, 6.07) is 0. The molecule has 15 heavy (non-hydrogen) atoms. The molecule has 2 nitrogen and oxygen atoms in total. The molecule has 0 aliphatic heterocycles. The average molecular weight is 291 g/mol. The summed E-state index contributed by atoms with van der Waals surface area (Å²) in [5.74, 6) is 0. The Bertz CT molecular complexity index is 376. The van der Waals surface area contributed by atoms with Crippen LogP contribution >= 0.6 is 15.9 Å². The van der Waals surface area contributed by atoms with E-state index in [0.29, 0.717) is 6.20 Å². The number of anilines is 1. The zero-order valence-corrected chi connectivity index (χ0v) is 8.53. The molecule has 8 heteroatoms. The molecule has 0 unspecified atom stereocenters. The molecule has 2 N–H and O–H groups in total. The third kappa shape index (κ3) is 2.36. The molecule has 0 saturated carbocycles. The van der Waals surface area contributed by atoms with Crippen LogP contribution in [0.25, 0.3) is 0 Å². The zero-order valence-electron chi connectivity index (χ0n) is 6.95. The van der Waals surface area contributed by atoms with Crippen LogP contribution in [0.3, 0.4) is 0 Å². The molecule has 1 aromatic rings. The zero-order chi connectivity index (χ0) is 11.8. The maximum Gasteiger partial charge on any atom is 0.419 e. The van der Waals surface area contributed by atoms with Crippen LogP contribution in [0.15, 0.2) is 10.8 Å². The lowest BCUT2D eigenvalue weighted by molar-refractivity contribution is -0.137. The van der Waals surface area contributed by atoms with Crippen LogP contribution in [0.2, 0.25) is 0 Å². The number of nitrogen functional groups attached to an aromatic ring is 1. The van der Waals surface area contributed by atoms with E-state index in [1.54, 1.807) is 0 Å². The normalized spacial score (nSPS) is 12.2. The van der Waals surface area contributed by atoms with Crippen LogP contribution in [0, 0.1) is 0 Å². The molecule has 1 rings (SSSR count). The van der Waals surface area contributed by atoms with Crippen molar-refractivity contribution in [1.29, 1.82) is 0 Å². The molecular formula is C7H4BrF5N2. The van der Waals surface area contributed by atoms with E-state index in [9.17, 15) is 22.0 Å². The third-order valence-corrected chi connectivity index (χ3v) is 2.27. The SMILES string of the molecule is Nc1c(C(F)(F)F)cnc(Br)c1C(F)F. The molecule has 0 amide bonds. The van der Waals surface area contributed by atoms with Crippen LogP contribution in [-0.4, -0.2) is 4.98 Å². The van der Waals surface area contributed by atoms with Gasteiger partial charge in [-0.3, -0.25) is 0 Å². The number of rotatable bonds is 1. The maximum absolute atomic E-state index is 12.3. The smallest absolute Gasteiger partial charge is 0.398 e. The van der Waals surface area contributed by atoms with E-state index in [0.717, 1.165) is 0 Å². The largest absolute Gasteiger partial charge is 0.419 e. The van der Waals surface area contributed by atoms with Gasteiger partial charge in [0.15, 0.2) is 0 Å².